The summed E-state index contributed by atoms with van der Waals surface area (Å²) in [6, 6.07) is 9.32. The van der Waals surface area contributed by atoms with Crippen LogP contribution < -0.4 is 15.8 Å². The van der Waals surface area contributed by atoms with Crippen molar-refractivity contribution < 1.29 is 19.1 Å². The number of amides is 3. The number of aryl methyl sites for hydroxylation is 1. The maximum atomic E-state index is 13.4. The highest BCUT2D eigenvalue weighted by Gasteiger charge is 2.25. The molecule has 5 rings (SSSR count). The molecule has 0 bridgehead atoms. The van der Waals surface area contributed by atoms with Gasteiger partial charge in [-0.25, -0.2) is 0 Å². The molecule has 1 aromatic heterocycles. The number of aromatic nitrogens is 1. The van der Waals surface area contributed by atoms with Crippen molar-refractivity contribution in [1.29, 1.82) is 0 Å². The Labute approximate surface area is 202 Å². The maximum absolute atomic E-state index is 13.4. The molecule has 3 N–H and O–H groups in total. The molecule has 2 aromatic carbocycles. The number of hydrogen-bond donors (Lipinski definition) is 2. The first-order valence-corrected chi connectivity index (χ1v) is 11.6. The fourth-order valence-corrected chi connectivity index (χ4v) is 4.81. The van der Waals surface area contributed by atoms with Gasteiger partial charge < -0.3 is 25.6 Å². The molecule has 3 aromatic rings. The summed E-state index contributed by atoms with van der Waals surface area (Å²) in [5, 5.41) is 4.04. The van der Waals surface area contributed by atoms with Crippen LogP contribution in [0.15, 0.2) is 36.5 Å². The smallest absolute Gasteiger partial charge is 0.254 e. The van der Waals surface area contributed by atoms with E-state index in [0.29, 0.717) is 54.9 Å². The van der Waals surface area contributed by atoms with E-state index in [2.05, 4.69) is 10.3 Å². The molecule has 2 aliphatic rings. The second-order valence-electron chi connectivity index (χ2n) is 8.90. The normalized spacial score (nSPS) is 15.0. The molecule has 0 unspecified atom stereocenters. The van der Waals surface area contributed by atoms with Gasteiger partial charge in [0.05, 0.1) is 23.4 Å². The van der Waals surface area contributed by atoms with Crippen molar-refractivity contribution in [3.63, 3.8) is 0 Å². The fraction of sp³-hybridized carbons (Fsp3) is 0.308. The molecule has 9 nitrogen and oxygen atoms in total. The van der Waals surface area contributed by atoms with E-state index >= 15 is 0 Å². The number of benzene rings is 2. The minimum atomic E-state index is -0.611. The van der Waals surface area contributed by atoms with Crippen molar-refractivity contribution in [2.75, 3.05) is 38.1 Å². The van der Waals surface area contributed by atoms with Gasteiger partial charge in [-0.3, -0.25) is 19.4 Å². The average molecular weight is 474 g/mol. The van der Waals surface area contributed by atoms with E-state index in [1.165, 1.54) is 13.1 Å². The third kappa shape index (κ3) is 4.14. The number of carbonyl (C=O) groups excluding carboxylic acids is 3. The SMILES string of the molecule is CC(=O)N1CCN(C(=O)c2cc(C)c3ncc(C(N)=O)c(Nc4cccc5c4CCO5)c3c2)CC1. The van der Waals surface area contributed by atoms with Crippen molar-refractivity contribution in [1.82, 2.24) is 14.8 Å². The maximum Gasteiger partial charge on any atom is 0.254 e. The Morgan fingerprint density at radius 3 is 2.54 bits per heavy atom. The van der Waals surface area contributed by atoms with Crippen LogP contribution in [0.4, 0.5) is 11.4 Å². The summed E-state index contributed by atoms with van der Waals surface area (Å²) in [6.45, 7) is 5.98. The van der Waals surface area contributed by atoms with E-state index in [1.807, 2.05) is 31.2 Å². The first kappa shape index (κ1) is 22.6. The summed E-state index contributed by atoms with van der Waals surface area (Å²) in [4.78, 5) is 45.3. The predicted octanol–water partition coefficient (Wildman–Crippen LogP) is 2.62. The van der Waals surface area contributed by atoms with Gasteiger partial charge in [0.1, 0.15) is 5.75 Å². The lowest BCUT2D eigenvalue weighted by Crippen LogP contribution is -2.50. The number of nitrogens with zero attached hydrogens (tertiary/aromatic N) is 3. The number of rotatable bonds is 4. The molecule has 0 aliphatic carbocycles. The number of pyridine rings is 1. The summed E-state index contributed by atoms with van der Waals surface area (Å²) in [5.41, 5.74) is 10.3. The van der Waals surface area contributed by atoms with Crippen molar-refractivity contribution in [3.8, 4) is 5.75 Å². The van der Waals surface area contributed by atoms with Crippen LogP contribution >= 0.6 is 0 Å². The van der Waals surface area contributed by atoms with Gasteiger partial charge in [0.15, 0.2) is 0 Å². The van der Waals surface area contributed by atoms with Gasteiger partial charge in [0, 0.05) is 67.9 Å². The van der Waals surface area contributed by atoms with E-state index < -0.39 is 5.91 Å². The molecule has 0 radical (unpaired) electrons. The molecule has 0 saturated carbocycles. The number of anilines is 2. The summed E-state index contributed by atoms with van der Waals surface area (Å²) in [6.07, 6.45) is 2.23. The molecular weight excluding hydrogens is 446 g/mol. The second-order valence-corrected chi connectivity index (χ2v) is 8.90. The van der Waals surface area contributed by atoms with Gasteiger partial charge in [-0.05, 0) is 36.8 Å². The topological polar surface area (TPSA) is 118 Å². The minimum Gasteiger partial charge on any atom is -0.493 e. The number of nitrogens with two attached hydrogens (primary N) is 1. The summed E-state index contributed by atoms with van der Waals surface area (Å²) in [7, 11) is 0. The number of hydrogen-bond acceptors (Lipinski definition) is 6. The van der Waals surface area contributed by atoms with Crippen LogP contribution in [-0.4, -0.2) is 65.3 Å². The highest BCUT2D eigenvalue weighted by atomic mass is 16.5. The highest BCUT2D eigenvalue weighted by Crippen LogP contribution is 2.37. The van der Waals surface area contributed by atoms with Crippen LogP contribution in [0.25, 0.3) is 10.9 Å². The lowest BCUT2D eigenvalue weighted by atomic mass is 10.0. The Bertz CT molecular complexity index is 1360. The Morgan fingerprint density at radius 2 is 1.83 bits per heavy atom. The summed E-state index contributed by atoms with van der Waals surface area (Å²) in [5.74, 6) is 0.0889. The standard InChI is InChI=1S/C26H27N5O4/c1-15-12-17(26(34)31-9-7-30(8-10-31)16(2)32)13-19-23(15)28-14-20(25(27)33)24(19)29-21-4-3-5-22-18(21)6-11-35-22/h3-5,12-14H,6-11H2,1-2H3,(H2,27,33)(H,28,29). The molecule has 3 heterocycles. The Kier molecular flexibility index (Phi) is 5.76. The zero-order chi connectivity index (χ0) is 24.7. The van der Waals surface area contributed by atoms with Gasteiger partial charge in [0.25, 0.3) is 11.8 Å². The molecule has 1 saturated heterocycles. The first-order valence-electron chi connectivity index (χ1n) is 11.6. The number of primary amides is 1. The van der Waals surface area contributed by atoms with Gasteiger partial charge in [-0.1, -0.05) is 6.07 Å². The predicted molar refractivity (Wildman–Crippen MR) is 132 cm³/mol. The third-order valence-corrected chi connectivity index (χ3v) is 6.69. The number of carbonyl (C=O) groups is 3. The van der Waals surface area contributed by atoms with Gasteiger partial charge >= 0.3 is 0 Å². The number of ether oxygens (including phenoxy) is 1. The van der Waals surface area contributed by atoms with Gasteiger partial charge in [-0.15, -0.1) is 0 Å². The van der Waals surface area contributed by atoms with E-state index in [0.717, 1.165) is 29.0 Å². The Balaban J connectivity index is 1.57. The van der Waals surface area contributed by atoms with Crippen LogP contribution in [0.3, 0.4) is 0 Å². The number of fused-ring (bicyclic) bond motifs is 2. The lowest BCUT2D eigenvalue weighted by Gasteiger charge is -2.34. The van der Waals surface area contributed by atoms with Crippen molar-refractivity contribution >= 4 is 40.0 Å². The minimum absolute atomic E-state index is 0.0113. The van der Waals surface area contributed by atoms with Crippen molar-refractivity contribution in [2.24, 2.45) is 5.73 Å². The van der Waals surface area contributed by atoms with Crippen LogP contribution in [0.1, 0.15) is 38.8 Å². The molecule has 1 fully saturated rings. The number of piperazine rings is 1. The molecular formula is C26H27N5O4. The quantitative estimate of drug-likeness (QED) is 0.602. The molecule has 0 atom stereocenters. The molecule has 180 valence electrons. The molecule has 2 aliphatic heterocycles. The third-order valence-electron chi connectivity index (χ3n) is 6.69. The summed E-state index contributed by atoms with van der Waals surface area (Å²) >= 11 is 0. The Hall–Kier alpha value is -4.14. The molecule has 9 heteroatoms. The van der Waals surface area contributed by atoms with Crippen LogP contribution in [0.2, 0.25) is 0 Å². The largest absolute Gasteiger partial charge is 0.493 e. The Morgan fingerprint density at radius 1 is 1.09 bits per heavy atom. The number of nitrogens with one attached hydrogen (secondary N) is 1. The van der Waals surface area contributed by atoms with Gasteiger partial charge in [0.2, 0.25) is 5.91 Å². The highest BCUT2D eigenvalue weighted by molar-refractivity contribution is 6.10. The van der Waals surface area contributed by atoms with E-state index in [9.17, 15) is 14.4 Å². The fourth-order valence-electron chi connectivity index (χ4n) is 4.81. The molecule has 35 heavy (non-hydrogen) atoms. The van der Waals surface area contributed by atoms with Crippen LogP contribution in [-0.2, 0) is 11.2 Å². The van der Waals surface area contributed by atoms with Crippen molar-refractivity contribution in [2.45, 2.75) is 20.3 Å². The average Bonchev–Trinajstić information content (AvgIpc) is 3.33. The zero-order valence-corrected chi connectivity index (χ0v) is 19.8. The van der Waals surface area contributed by atoms with Crippen LogP contribution in [0.5, 0.6) is 5.75 Å². The van der Waals surface area contributed by atoms with Gasteiger partial charge in [-0.2, -0.15) is 0 Å². The molecule has 0 spiro atoms. The van der Waals surface area contributed by atoms with Crippen molar-refractivity contribution in [3.05, 3.63) is 58.8 Å². The molecule has 3 amide bonds. The van der Waals surface area contributed by atoms with E-state index in [-0.39, 0.29) is 17.4 Å². The van der Waals surface area contributed by atoms with Crippen LogP contribution in [0, 0.1) is 6.92 Å². The first-order chi connectivity index (χ1) is 16.8. The monoisotopic (exact) mass is 473 g/mol. The lowest BCUT2D eigenvalue weighted by molar-refractivity contribution is -0.130. The van der Waals surface area contributed by atoms with E-state index in [1.54, 1.807) is 15.9 Å². The van der Waals surface area contributed by atoms with E-state index in [4.69, 9.17) is 10.5 Å². The summed E-state index contributed by atoms with van der Waals surface area (Å²) < 4.78 is 5.68. The second kappa shape index (κ2) is 8.90. The zero-order valence-electron chi connectivity index (χ0n) is 19.8.